The van der Waals surface area contributed by atoms with E-state index < -0.39 is 5.97 Å². The first-order valence-electron chi connectivity index (χ1n) is 10.3. The standard InChI is InChI=1S/C24H23N5O3S/c1-4-32-23(30)18-14-25-29(22(18)28-24(33)26-16-9-6-5-7-10-16)20-13-15(2)17-11-8-12-19(31-3)21(17)27-20/h5-14H,4H2,1-3H3,(H2,26,28,33). The third kappa shape index (κ3) is 4.63. The van der Waals surface area contributed by atoms with Crippen molar-refractivity contribution < 1.29 is 14.3 Å². The van der Waals surface area contributed by atoms with Crippen LogP contribution in [-0.2, 0) is 4.74 Å². The summed E-state index contributed by atoms with van der Waals surface area (Å²) in [5.41, 5.74) is 2.73. The number of carbonyl (C=O) groups is 1. The fourth-order valence-electron chi connectivity index (χ4n) is 3.44. The fourth-order valence-corrected chi connectivity index (χ4v) is 3.65. The highest BCUT2D eigenvalue weighted by Gasteiger charge is 2.22. The van der Waals surface area contributed by atoms with Crippen molar-refractivity contribution in [3.63, 3.8) is 0 Å². The molecule has 0 saturated heterocycles. The Morgan fingerprint density at radius 3 is 2.64 bits per heavy atom. The first-order chi connectivity index (χ1) is 16.0. The molecule has 8 nitrogen and oxygen atoms in total. The van der Waals surface area contributed by atoms with Gasteiger partial charge in [0.1, 0.15) is 16.8 Å². The predicted molar refractivity (Wildman–Crippen MR) is 132 cm³/mol. The average Bonchev–Trinajstić information content (AvgIpc) is 3.23. The normalized spacial score (nSPS) is 10.6. The highest BCUT2D eigenvalue weighted by Crippen LogP contribution is 2.29. The highest BCUT2D eigenvalue weighted by atomic mass is 32.1. The third-order valence-corrected chi connectivity index (χ3v) is 5.17. The van der Waals surface area contributed by atoms with Crippen molar-refractivity contribution in [2.75, 3.05) is 24.4 Å². The first kappa shape index (κ1) is 22.2. The van der Waals surface area contributed by atoms with Crippen LogP contribution >= 0.6 is 12.2 Å². The van der Waals surface area contributed by atoms with Crippen molar-refractivity contribution in [3.05, 3.63) is 71.9 Å². The van der Waals surface area contributed by atoms with Crippen LogP contribution in [0.25, 0.3) is 16.7 Å². The van der Waals surface area contributed by atoms with Gasteiger partial charge in [-0.25, -0.2) is 9.78 Å². The summed E-state index contributed by atoms with van der Waals surface area (Å²) in [6.07, 6.45) is 1.44. The zero-order valence-corrected chi connectivity index (χ0v) is 19.3. The summed E-state index contributed by atoms with van der Waals surface area (Å²) < 4.78 is 12.2. The van der Waals surface area contributed by atoms with Gasteiger partial charge in [-0.15, -0.1) is 0 Å². The molecule has 0 aliphatic rings. The zero-order chi connectivity index (χ0) is 23.4. The van der Waals surface area contributed by atoms with E-state index >= 15 is 0 Å². The second kappa shape index (κ2) is 9.66. The molecule has 2 aromatic carbocycles. The van der Waals surface area contributed by atoms with Crippen LogP contribution in [-0.4, -0.2) is 39.6 Å². The summed E-state index contributed by atoms with van der Waals surface area (Å²) in [7, 11) is 1.60. The lowest BCUT2D eigenvalue weighted by atomic mass is 10.1. The summed E-state index contributed by atoms with van der Waals surface area (Å²) in [5, 5.41) is 11.9. The molecule has 9 heteroatoms. The summed E-state index contributed by atoms with van der Waals surface area (Å²) in [6, 6.07) is 17.1. The molecule has 33 heavy (non-hydrogen) atoms. The summed E-state index contributed by atoms with van der Waals surface area (Å²) in [5.74, 6) is 0.989. The van der Waals surface area contributed by atoms with Gasteiger partial charge in [0, 0.05) is 11.1 Å². The molecule has 0 aliphatic heterocycles. The predicted octanol–water partition coefficient (Wildman–Crippen LogP) is 4.72. The maximum absolute atomic E-state index is 12.6. The molecule has 168 valence electrons. The summed E-state index contributed by atoms with van der Waals surface area (Å²) >= 11 is 5.49. The number of hydrogen-bond acceptors (Lipinski definition) is 6. The Morgan fingerprint density at radius 1 is 1.12 bits per heavy atom. The maximum Gasteiger partial charge on any atom is 0.343 e. The van der Waals surface area contributed by atoms with Crippen LogP contribution in [0.3, 0.4) is 0 Å². The number of benzene rings is 2. The monoisotopic (exact) mass is 461 g/mol. The average molecular weight is 462 g/mol. The quantitative estimate of drug-likeness (QED) is 0.315. The summed E-state index contributed by atoms with van der Waals surface area (Å²) in [4.78, 5) is 17.4. The van der Waals surface area contributed by atoms with Gasteiger partial charge in [0.25, 0.3) is 0 Å². The van der Waals surface area contributed by atoms with E-state index in [0.717, 1.165) is 16.6 Å². The Kier molecular flexibility index (Phi) is 6.50. The molecule has 2 aromatic heterocycles. The van der Waals surface area contributed by atoms with Gasteiger partial charge in [-0.05, 0) is 55.9 Å². The number of hydrogen-bond donors (Lipinski definition) is 2. The van der Waals surface area contributed by atoms with E-state index in [-0.39, 0.29) is 12.2 Å². The molecule has 2 N–H and O–H groups in total. The number of aryl methyl sites for hydroxylation is 1. The molecule has 0 fully saturated rings. The topological polar surface area (TPSA) is 90.3 Å². The number of anilines is 2. The lowest BCUT2D eigenvalue weighted by Crippen LogP contribution is -2.23. The van der Waals surface area contributed by atoms with Gasteiger partial charge in [-0.1, -0.05) is 30.3 Å². The molecule has 0 atom stereocenters. The molecule has 4 aromatic rings. The second-order valence-electron chi connectivity index (χ2n) is 7.14. The molecular formula is C24H23N5O3S. The number of para-hydroxylation sites is 2. The Bertz CT molecular complexity index is 1320. The van der Waals surface area contributed by atoms with E-state index in [1.807, 2.05) is 61.5 Å². The molecule has 0 spiro atoms. The third-order valence-electron chi connectivity index (χ3n) is 4.96. The van der Waals surface area contributed by atoms with E-state index in [0.29, 0.717) is 28.0 Å². The number of thiocarbonyl (C=S) groups is 1. The number of methoxy groups -OCH3 is 1. The van der Waals surface area contributed by atoms with Gasteiger partial charge < -0.3 is 20.1 Å². The van der Waals surface area contributed by atoms with Gasteiger partial charge in [-0.3, -0.25) is 0 Å². The molecule has 0 amide bonds. The molecule has 0 aliphatic carbocycles. The van der Waals surface area contributed by atoms with Crippen LogP contribution in [0.1, 0.15) is 22.8 Å². The largest absolute Gasteiger partial charge is 0.494 e. The van der Waals surface area contributed by atoms with Crippen LogP contribution < -0.4 is 15.4 Å². The van der Waals surface area contributed by atoms with E-state index in [2.05, 4.69) is 15.7 Å². The molecule has 0 unspecified atom stereocenters. The van der Waals surface area contributed by atoms with Gasteiger partial charge >= 0.3 is 5.97 Å². The lowest BCUT2D eigenvalue weighted by molar-refractivity contribution is 0.0527. The molecule has 2 heterocycles. The van der Waals surface area contributed by atoms with E-state index in [1.165, 1.54) is 10.9 Å². The Balaban J connectivity index is 1.78. The van der Waals surface area contributed by atoms with Crippen LogP contribution in [0.15, 0.2) is 60.8 Å². The van der Waals surface area contributed by atoms with Crippen molar-refractivity contribution in [1.82, 2.24) is 14.8 Å². The van der Waals surface area contributed by atoms with Gasteiger partial charge in [-0.2, -0.15) is 9.78 Å². The lowest BCUT2D eigenvalue weighted by Gasteiger charge is -2.15. The highest BCUT2D eigenvalue weighted by molar-refractivity contribution is 7.80. The number of fused-ring (bicyclic) bond motifs is 1. The number of pyridine rings is 1. The molecular weight excluding hydrogens is 438 g/mol. The van der Waals surface area contributed by atoms with Crippen molar-refractivity contribution in [3.8, 4) is 11.6 Å². The van der Waals surface area contributed by atoms with Crippen LogP contribution in [0, 0.1) is 6.92 Å². The Hall–Kier alpha value is -3.98. The van der Waals surface area contributed by atoms with Crippen LogP contribution in [0.2, 0.25) is 0 Å². The van der Waals surface area contributed by atoms with E-state index in [1.54, 1.807) is 14.0 Å². The van der Waals surface area contributed by atoms with Crippen molar-refractivity contribution in [1.29, 1.82) is 0 Å². The maximum atomic E-state index is 12.6. The van der Waals surface area contributed by atoms with Crippen LogP contribution in [0.4, 0.5) is 11.5 Å². The van der Waals surface area contributed by atoms with E-state index in [9.17, 15) is 4.79 Å². The molecule has 4 rings (SSSR count). The number of carbonyl (C=O) groups excluding carboxylic acids is 1. The van der Waals surface area contributed by atoms with Crippen LogP contribution in [0.5, 0.6) is 5.75 Å². The van der Waals surface area contributed by atoms with Crippen molar-refractivity contribution in [2.24, 2.45) is 0 Å². The number of aromatic nitrogens is 3. The molecule has 0 bridgehead atoms. The molecule has 0 radical (unpaired) electrons. The number of nitrogens with zero attached hydrogens (tertiary/aromatic N) is 3. The van der Waals surface area contributed by atoms with Gasteiger partial charge in [0.05, 0.1) is 19.9 Å². The van der Waals surface area contributed by atoms with Crippen molar-refractivity contribution in [2.45, 2.75) is 13.8 Å². The fraction of sp³-hybridized carbons (Fsp3) is 0.167. The Labute approximate surface area is 196 Å². The second-order valence-corrected chi connectivity index (χ2v) is 7.55. The van der Waals surface area contributed by atoms with Gasteiger partial charge in [0.2, 0.25) is 0 Å². The minimum absolute atomic E-state index is 0.237. The Morgan fingerprint density at radius 2 is 1.91 bits per heavy atom. The minimum atomic E-state index is -0.510. The smallest absolute Gasteiger partial charge is 0.343 e. The SMILES string of the molecule is CCOC(=O)c1cnn(-c2cc(C)c3cccc(OC)c3n2)c1NC(=S)Nc1ccccc1. The molecule has 0 saturated carbocycles. The minimum Gasteiger partial charge on any atom is -0.494 e. The van der Waals surface area contributed by atoms with Crippen molar-refractivity contribution >= 4 is 45.7 Å². The van der Waals surface area contributed by atoms with E-state index in [4.69, 9.17) is 26.7 Å². The number of rotatable bonds is 6. The zero-order valence-electron chi connectivity index (χ0n) is 18.5. The number of nitrogens with one attached hydrogen (secondary N) is 2. The number of esters is 1. The first-order valence-corrected chi connectivity index (χ1v) is 10.8. The summed E-state index contributed by atoms with van der Waals surface area (Å²) in [6.45, 7) is 3.97. The number of ether oxygens (including phenoxy) is 2. The van der Waals surface area contributed by atoms with Gasteiger partial charge in [0.15, 0.2) is 16.7 Å².